The van der Waals surface area contributed by atoms with Gasteiger partial charge in [-0.2, -0.15) is 0 Å². The molecular formula is C17H16O3. The summed E-state index contributed by atoms with van der Waals surface area (Å²) >= 11 is 0. The number of carbonyl (C=O) groups is 2. The first kappa shape index (κ1) is 14.0. The highest BCUT2D eigenvalue weighted by Crippen LogP contribution is 2.25. The summed E-state index contributed by atoms with van der Waals surface area (Å²) in [6, 6.07) is 12.0. The van der Waals surface area contributed by atoms with E-state index in [-0.39, 0.29) is 0 Å². The summed E-state index contributed by atoms with van der Waals surface area (Å²) in [5, 5.41) is 0. The van der Waals surface area contributed by atoms with Crippen LogP contribution in [0.1, 0.15) is 31.8 Å². The fourth-order valence-corrected chi connectivity index (χ4v) is 2.26. The number of carbonyl (C=O) groups excluding carboxylic acids is 2. The molecule has 3 nitrogen and oxygen atoms in total. The lowest BCUT2D eigenvalue weighted by Crippen LogP contribution is -2.15. The normalized spacial score (nSPS) is 10.2. The van der Waals surface area contributed by atoms with Crippen LogP contribution >= 0.6 is 0 Å². The molecule has 0 heterocycles. The third kappa shape index (κ3) is 2.62. The van der Waals surface area contributed by atoms with Gasteiger partial charge in [0.05, 0.1) is 7.11 Å². The number of methoxy groups -OCH3 is 1. The Morgan fingerprint density at radius 2 is 1.35 bits per heavy atom. The van der Waals surface area contributed by atoms with Crippen LogP contribution < -0.4 is 4.74 Å². The molecule has 0 atom stereocenters. The van der Waals surface area contributed by atoms with Gasteiger partial charge in [-0.05, 0) is 37.1 Å². The molecule has 0 fully saturated rings. The zero-order valence-electron chi connectivity index (χ0n) is 11.8. The van der Waals surface area contributed by atoms with Crippen molar-refractivity contribution in [1.82, 2.24) is 0 Å². The van der Waals surface area contributed by atoms with Gasteiger partial charge in [0, 0.05) is 11.1 Å². The van der Waals surface area contributed by atoms with Crippen LogP contribution in [0.15, 0.2) is 42.5 Å². The van der Waals surface area contributed by atoms with Crippen molar-refractivity contribution in [1.29, 1.82) is 0 Å². The SMILES string of the molecule is COc1c(C)cc(C(=O)C(=O)c2ccccc2)cc1C. The van der Waals surface area contributed by atoms with E-state index < -0.39 is 11.6 Å². The lowest BCUT2D eigenvalue weighted by molar-refractivity contribution is 0.0817. The van der Waals surface area contributed by atoms with E-state index in [1.54, 1.807) is 43.5 Å². The van der Waals surface area contributed by atoms with Gasteiger partial charge in [0.15, 0.2) is 0 Å². The van der Waals surface area contributed by atoms with Crippen molar-refractivity contribution in [2.75, 3.05) is 7.11 Å². The van der Waals surface area contributed by atoms with E-state index in [1.165, 1.54) is 0 Å². The van der Waals surface area contributed by atoms with Crippen molar-refractivity contribution < 1.29 is 14.3 Å². The molecule has 2 rings (SSSR count). The predicted octanol–water partition coefficient (Wildman–Crippen LogP) is 3.38. The first-order valence-corrected chi connectivity index (χ1v) is 6.34. The minimum atomic E-state index is -0.495. The second-order valence-electron chi connectivity index (χ2n) is 4.67. The molecule has 0 unspecified atom stereocenters. The molecule has 2 aromatic rings. The van der Waals surface area contributed by atoms with Gasteiger partial charge in [0.2, 0.25) is 11.6 Å². The fraction of sp³-hybridized carbons (Fsp3) is 0.176. The zero-order valence-corrected chi connectivity index (χ0v) is 11.8. The van der Waals surface area contributed by atoms with Gasteiger partial charge in [-0.1, -0.05) is 30.3 Å². The third-order valence-corrected chi connectivity index (χ3v) is 3.17. The number of aryl methyl sites for hydroxylation is 2. The molecule has 0 saturated carbocycles. The maximum Gasteiger partial charge on any atom is 0.233 e. The monoisotopic (exact) mass is 268 g/mol. The van der Waals surface area contributed by atoms with Crippen molar-refractivity contribution in [2.45, 2.75) is 13.8 Å². The van der Waals surface area contributed by atoms with E-state index in [4.69, 9.17) is 4.74 Å². The minimum absolute atomic E-state index is 0.398. The molecule has 0 N–H and O–H groups in total. The molecule has 3 heteroatoms. The van der Waals surface area contributed by atoms with Gasteiger partial charge < -0.3 is 4.74 Å². The highest BCUT2D eigenvalue weighted by Gasteiger charge is 2.19. The molecule has 0 amide bonds. The molecule has 0 aromatic heterocycles. The van der Waals surface area contributed by atoms with Crippen LogP contribution in [0.2, 0.25) is 0 Å². The lowest BCUT2D eigenvalue weighted by Gasteiger charge is -2.10. The van der Waals surface area contributed by atoms with Crippen LogP contribution in [-0.2, 0) is 0 Å². The number of rotatable bonds is 4. The van der Waals surface area contributed by atoms with Gasteiger partial charge >= 0.3 is 0 Å². The van der Waals surface area contributed by atoms with Crippen molar-refractivity contribution in [3.8, 4) is 5.75 Å². The van der Waals surface area contributed by atoms with Crippen LogP contribution in [0.4, 0.5) is 0 Å². The quantitative estimate of drug-likeness (QED) is 0.630. The van der Waals surface area contributed by atoms with E-state index >= 15 is 0 Å². The summed E-state index contributed by atoms with van der Waals surface area (Å²) in [4.78, 5) is 24.4. The average molecular weight is 268 g/mol. The highest BCUT2D eigenvalue weighted by atomic mass is 16.5. The molecule has 2 aromatic carbocycles. The predicted molar refractivity (Wildman–Crippen MR) is 77.6 cm³/mol. The molecule has 20 heavy (non-hydrogen) atoms. The van der Waals surface area contributed by atoms with Crippen LogP contribution in [0.5, 0.6) is 5.75 Å². The van der Waals surface area contributed by atoms with Gasteiger partial charge in [-0.25, -0.2) is 0 Å². The number of hydrogen-bond donors (Lipinski definition) is 0. The van der Waals surface area contributed by atoms with E-state index in [2.05, 4.69) is 0 Å². The summed E-state index contributed by atoms with van der Waals surface area (Å²) in [5.41, 5.74) is 2.49. The average Bonchev–Trinajstić information content (AvgIpc) is 2.46. The Hall–Kier alpha value is -2.42. The molecule has 0 saturated heterocycles. The van der Waals surface area contributed by atoms with Crippen LogP contribution in [0.25, 0.3) is 0 Å². The van der Waals surface area contributed by atoms with Crippen molar-refractivity contribution in [3.63, 3.8) is 0 Å². The Kier molecular flexibility index (Phi) is 3.99. The minimum Gasteiger partial charge on any atom is -0.496 e. The zero-order chi connectivity index (χ0) is 14.7. The standard InChI is InChI=1S/C17H16O3/c1-11-9-14(10-12(2)17(11)20-3)16(19)15(18)13-7-5-4-6-8-13/h4-10H,1-3H3. The Labute approximate surface area is 118 Å². The Bertz CT molecular complexity index is 634. The Morgan fingerprint density at radius 3 is 1.85 bits per heavy atom. The van der Waals surface area contributed by atoms with Gasteiger partial charge in [0.1, 0.15) is 5.75 Å². The number of ether oxygens (including phenoxy) is 1. The maximum absolute atomic E-state index is 12.3. The first-order valence-electron chi connectivity index (χ1n) is 6.34. The Balaban J connectivity index is 2.37. The van der Waals surface area contributed by atoms with Crippen LogP contribution in [-0.4, -0.2) is 18.7 Å². The third-order valence-electron chi connectivity index (χ3n) is 3.17. The van der Waals surface area contributed by atoms with Crippen molar-refractivity contribution in [3.05, 3.63) is 64.7 Å². The molecule has 0 spiro atoms. The molecule has 0 radical (unpaired) electrons. The second kappa shape index (κ2) is 5.70. The maximum atomic E-state index is 12.3. The van der Waals surface area contributed by atoms with Crippen molar-refractivity contribution >= 4 is 11.6 Å². The highest BCUT2D eigenvalue weighted by molar-refractivity contribution is 6.49. The summed E-state index contributed by atoms with van der Waals surface area (Å²) in [5.74, 6) is -0.242. The Morgan fingerprint density at radius 1 is 0.850 bits per heavy atom. The summed E-state index contributed by atoms with van der Waals surface area (Å²) in [7, 11) is 1.59. The van der Waals surface area contributed by atoms with Gasteiger partial charge in [0.25, 0.3) is 0 Å². The molecule has 0 aliphatic carbocycles. The van der Waals surface area contributed by atoms with Crippen molar-refractivity contribution in [2.24, 2.45) is 0 Å². The van der Waals surface area contributed by atoms with E-state index in [9.17, 15) is 9.59 Å². The van der Waals surface area contributed by atoms with E-state index in [1.807, 2.05) is 19.9 Å². The topological polar surface area (TPSA) is 43.4 Å². The lowest BCUT2D eigenvalue weighted by atomic mass is 9.98. The number of ketones is 2. The van der Waals surface area contributed by atoms with Gasteiger partial charge in [-0.3, -0.25) is 9.59 Å². The molecule has 0 aliphatic rings. The van der Waals surface area contributed by atoms with Gasteiger partial charge in [-0.15, -0.1) is 0 Å². The summed E-state index contributed by atoms with van der Waals surface area (Å²) in [6.45, 7) is 3.71. The van der Waals surface area contributed by atoms with Crippen LogP contribution in [0, 0.1) is 13.8 Å². The molecule has 0 aliphatic heterocycles. The van der Waals surface area contributed by atoms with E-state index in [0.717, 1.165) is 16.9 Å². The van der Waals surface area contributed by atoms with E-state index in [0.29, 0.717) is 11.1 Å². The number of benzene rings is 2. The smallest absolute Gasteiger partial charge is 0.233 e. The summed E-state index contributed by atoms with van der Waals surface area (Å²) < 4.78 is 5.26. The van der Waals surface area contributed by atoms with Crippen LogP contribution in [0.3, 0.4) is 0 Å². The summed E-state index contributed by atoms with van der Waals surface area (Å²) in [6.07, 6.45) is 0. The second-order valence-corrected chi connectivity index (χ2v) is 4.67. The molecule has 102 valence electrons. The number of Topliss-reactive ketones (excluding diaryl/α,β-unsaturated/α-hetero) is 2. The molecule has 0 bridgehead atoms. The largest absolute Gasteiger partial charge is 0.496 e. The first-order chi connectivity index (χ1) is 9.54. The molecular weight excluding hydrogens is 252 g/mol. The fourth-order valence-electron chi connectivity index (χ4n) is 2.26. The number of hydrogen-bond acceptors (Lipinski definition) is 3.